The molecule has 0 aliphatic heterocycles. The first-order valence-electron chi connectivity index (χ1n) is 7.93. The third-order valence-corrected chi connectivity index (χ3v) is 4.97. The van der Waals surface area contributed by atoms with Crippen LogP contribution in [0.1, 0.15) is 11.4 Å². The van der Waals surface area contributed by atoms with Crippen molar-refractivity contribution in [1.82, 2.24) is 14.7 Å². The van der Waals surface area contributed by atoms with E-state index in [9.17, 15) is 21.6 Å². The number of benzene rings is 1. The van der Waals surface area contributed by atoms with E-state index in [4.69, 9.17) is 0 Å². The molecule has 2 aromatic rings. The summed E-state index contributed by atoms with van der Waals surface area (Å²) in [5, 5.41) is 2.98. The van der Waals surface area contributed by atoms with E-state index < -0.39 is 21.8 Å². The number of hydrogen-bond donors (Lipinski definition) is 2. The molecule has 0 aliphatic carbocycles. The second-order valence-electron chi connectivity index (χ2n) is 5.90. The van der Waals surface area contributed by atoms with Gasteiger partial charge in [0.1, 0.15) is 17.5 Å². The predicted molar refractivity (Wildman–Crippen MR) is 96.2 cm³/mol. The van der Waals surface area contributed by atoms with Gasteiger partial charge < -0.3 is 10.2 Å². The van der Waals surface area contributed by atoms with Gasteiger partial charge in [0, 0.05) is 33.3 Å². The molecular weight excluding hydrogens is 383 g/mol. The molecular formula is C16H20F3N5O2S. The molecule has 27 heavy (non-hydrogen) atoms. The van der Waals surface area contributed by atoms with E-state index in [1.165, 1.54) is 0 Å². The van der Waals surface area contributed by atoms with E-state index in [2.05, 4.69) is 20.0 Å². The molecule has 1 heterocycles. The summed E-state index contributed by atoms with van der Waals surface area (Å²) in [4.78, 5) is 10.0. The summed E-state index contributed by atoms with van der Waals surface area (Å²) in [5.74, 6) is 1.81. The van der Waals surface area contributed by atoms with Gasteiger partial charge in [-0.2, -0.15) is 13.2 Å². The molecule has 11 heteroatoms. The molecule has 0 unspecified atom stereocenters. The predicted octanol–water partition coefficient (Wildman–Crippen LogP) is 2.26. The van der Waals surface area contributed by atoms with Crippen molar-refractivity contribution in [1.29, 1.82) is 0 Å². The number of anilines is 2. The summed E-state index contributed by atoms with van der Waals surface area (Å²) < 4.78 is 64.3. The van der Waals surface area contributed by atoms with Crippen LogP contribution >= 0.6 is 0 Å². The molecule has 0 atom stereocenters. The zero-order valence-corrected chi connectivity index (χ0v) is 15.8. The number of rotatable bonds is 7. The molecule has 7 nitrogen and oxygen atoms in total. The standard InChI is InChI=1S/C16H20F3N5O2S/c1-11-22-14(10-15(23-11)24(2)3)20-8-9-21-27(25,26)13-6-4-12(5-7-13)16(17,18)19/h4-7,10,21H,8-9H2,1-3H3,(H,20,22,23). The molecule has 0 amide bonds. The minimum absolute atomic E-state index is 0.0315. The Morgan fingerprint density at radius 3 is 2.26 bits per heavy atom. The molecule has 1 aromatic heterocycles. The van der Waals surface area contributed by atoms with Crippen LogP contribution in [0.5, 0.6) is 0 Å². The fourth-order valence-corrected chi connectivity index (χ4v) is 3.19. The molecule has 2 rings (SSSR count). The quantitative estimate of drug-likeness (QED) is 0.690. The van der Waals surface area contributed by atoms with Crippen molar-refractivity contribution in [2.75, 3.05) is 37.4 Å². The Labute approximate surface area is 155 Å². The monoisotopic (exact) mass is 403 g/mol. The van der Waals surface area contributed by atoms with Gasteiger partial charge in [0.05, 0.1) is 10.5 Å². The summed E-state index contributed by atoms with van der Waals surface area (Å²) in [5.41, 5.74) is -0.904. The highest BCUT2D eigenvalue weighted by molar-refractivity contribution is 7.89. The highest BCUT2D eigenvalue weighted by atomic mass is 32.2. The lowest BCUT2D eigenvalue weighted by molar-refractivity contribution is -0.137. The smallest absolute Gasteiger partial charge is 0.369 e. The van der Waals surface area contributed by atoms with Crippen LogP contribution in [0.4, 0.5) is 24.8 Å². The number of alkyl halides is 3. The van der Waals surface area contributed by atoms with Gasteiger partial charge in [-0.15, -0.1) is 0 Å². The molecule has 0 radical (unpaired) electrons. The Morgan fingerprint density at radius 1 is 1.07 bits per heavy atom. The number of sulfonamides is 1. The molecule has 0 aliphatic rings. The van der Waals surface area contributed by atoms with Gasteiger partial charge >= 0.3 is 6.18 Å². The van der Waals surface area contributed by atoms with Gasteiger partial charge in [0.25, 0.3) is 0 Å². The summed E-state index contributed by atoms with van der Waals surface area (Å²) in [6.07, 6.45) is -4.51. The summed E-state index contributed by atoms with van der Waals surface area (Å²) in [7, 11) is -0.231. The van der Waals surface area contributed by atoms with Crippen LogP contribution in [-0.4, -0.2) is 45.6 Å². The van der Waals surface area contributed by atoms with E-state index in [1.807, 2.05) is 19.0 Å². The Balaban J connectivity index is 1.94. The average Bonchev–Trinajstić information content (AvgIpc) is 2.57. The van der Waals surface area contributed by atoms with Crippen molar-refractivity contribution in [3.8, 4) is 0 Å². The van der Waals surface area contributed by atoms with Gasteiger partial charge in [-0.25, -0.2) is 23.1 Å². The minimum atomic E-state index is -4.51. The zero-order chi connectivity index (χ0) is 20.2. The number of aryl methyl sites for hydroxylation is 1. The molecule has 0 saturated carbocycles. The van der Waals surface area contributed by atoms with Crippen molar-refractivity contribution in [2.24, 2.45) is 0 Å². The van der Waals surface area contributed by atoms with E-state index >= 15 is 0 Å². The van der Waals surface area contributed by atoms with Gasteiger partial charge in [-0.3, -0.25) is 0 Å². The lowest BCUT2D eigenvalue weighted by atomic mass is 10.2. The van der Waals surface area contributed by atoms with E-state index in [-0.39, 0.29) is 18.0 Å². The number of nitrogens with zero attached hydrogens (tertiary/aromatic N) is 3. The molecule has 0 bridgehead atoms. The fraction of sp³-hybridized carbons (Fsp3) is 0.375. The largest absolute Gasteiger partial charge is 0.416 e. The van der Waals surface area contributed by atoms with Crippen LogP contribution < -0.4 is 14.9 Å². The van der Waals surface area contributed by atoms with Gasteiger partial charge in [-0.05, 0) is 31.2 Å². The fourth-order valence-electron chi connectivity index (χ4n) is 2.15. The lowest BCUT2D eigenvalue weighted by Crippen LogP contribution is -2.29. The van der Waals surface area contributed by atoms with Crippen molar-refractivity contribution in [3.05, 3.63) is 41.7 Å². The van der Waals surface area contributed by atoms with E-state index in [1.54, 1.807) is 13.0 Å². The molecule has 0 spiro atoms. The molecule has 1 aromatic carbocycles. The summed E-state index contributed by atoms with van der Waals surface area (Å²) >= 11 is 0. The second kappa shape index (κ2) is 8.09. The van der Waals surface area contributed by atoms with Crippen LogP contribution in [0, 0.1) is 6.92 Å². The highest BCUT2D eigenvalue weighted by Crippen LogP contribution is 2.29. The first kappa shape index (κ1) is 20.9. The number of halogens is 3. The number of hydrogen-bond acceptors (Lipinski definition) is 6. The Morgan fingerprint density at radius 2 is 1.70 bits per heavy atom. The highest BCUT2D eigenvalue weighted by Gasteiger charge is 2.30. The summed E-state index contributed by atoms with van der Waals surface area (Å²) in [6.45, 7) is 2.01. The van der Waals surface area contributed by atoms with Crippen LogP contribution in [-0.2, 0) is 16.2 Å². The lowest BCUT2D eigenvalue weighted by Gasteiger charge is -2.14. The molecule has 2 N–H and O–H groups in total. The van der Waals surface area contributed by atoms with Crippen LogP contribution in [0.15, 0.2) is 35.2 Å². The van der Waals surface area contributed by atoms with E-state index in [0.717, 1.165) is 24.3 Å². The van der Waals surface area contributed by atoms with Crippen LogP contribution in [0.3, 0.4) is 0 Å². The van der Waals surface area contributed by atoms with Crippen molar-refractivity contribution < 1.29 is 21.6 Å². The first-order chi connectivity index (χ1) is 12.5. The van der Waals surface area contributed by atoms with Gasteiger partial charge in [0.15, 0.2) is 0 Å². The first-order valence-corrected chi connectivity index (χ1v) is 9.41. The maximum atomic E-state index is 12.5. The second-order valence-corrected chi connectivity index (χ2v) is 7.67. The van der Waals surface area contributed by atoms with Crippen molar-refractivity contribution in [3.63, 3.8) is 0 Å². The molecule has 0 saturated heterocycles. The Hall–Kier alpha value is -2.40. The van der Waals surface area contributed by atoms with Crippen molar-refractivity contribution >= 4 is 21.7 Å². The van der Waals surface area contributed by atoms with Crippen LogP contribution in [0.2, 0.25) is 0 Å². The Kier molecular flexibility index (Phi) is 6.26. The third kappa shape index (κ3) is 5.79. The number of aromatic nitrogens is 2. The third-order valence-electron chi connectivity index (χ3n) is 3.50. The number of nitrogens with one attached hydrogen (secondary N) is 2. The normalized spacial score (nSPS) is 12.1. The maximum absolute atomic E-state index is 12.5. The van der Waals surface area contributed by atoms with Gasteiger partial charge in [-0.1, -0.05) is 0 Å². The topological polar surface area (TPSA) is 87.2 Å². The Bertz CT molecular complexity index is 884. The van der Waals surface area contributed by atoms with Gasteiger partial charge in [0.2, 0.25) is 10.0 Å². The average molecular weight is 403 g/mol. The molecule has 0 fully saturated rings. The molecule has 148 valence electrons. The van der Waals surface area contributed by atoms with Crippen molar-refractivity contribution in [2.45, 2.75) is 18.0 Å². The maximum Gasteiger partial charge on any atom is 0.416 e. The van der Waals surface area contributed by atoms with Crippen LogP contribution in [0.25, 0.3) is 0 Å². The summed E-state index contributed by atoms with van der Waals surface area (Å²) in [6, 6.07) is 5.04. The van der Waals surface area contributed by atoms with E-state index in [0.29, 0.717) is 17.5 Å². The SMILES string of the molecule is Cc1nc(NCCNS(=O)(=O)c2ccc(C(F)(F)F)cc2)cc(N(C)C)n1. The zero-order valence-electron chi connectivity index (χ0n) is 15.0. The minimum Gasteiger partial charge on any atom is -0.369 e.